The highest BCUT2D eigenvalue weighted by Crippen LogP contribution is 2.39. The standard InChI is InChI=1S/C8H8Br2N4O3S/c1-13-6(10)5-7(12-13)18(15,16)14-3-4(2-9)17-8(14)11-5/h4H,2-3H2,1H3. The number of rotatable bonds is 1. The van der Waals surface area contributed by atoms with E-state index in [1.54, 1.807) is 7.05 Å². The number of aliphatic imine (C=N–C) groups is 1. The third-order valence-electron chi connectivity index (χ3n) is 2.69. The number of aryl methyl sites for hydroxylation is 1. The molecule has 1 atom stereocenters. The van der Waals surface area contributed by atoms with Crippen molar-refractivity contribution in [3.05, 3.63) is 4.60 Å². The number of hydrogen-bond acceptors (Lipinski definition) is 5. The highest BCUT2D eigenvalue weighted by molar-refractivity contribution is 9.10. The van der Waals surface area contributed by atoms with E-state index in [0.717, 1.165) is 4.31 Å². The number of sulfonamides is 1. The summed E-state index contributed by atoms with van der Waals surface area (Å²) in [5.74, 6) is 0. The average Bonchev–Trinajstić information content (AvgIpc) is 2.86. The van der Waals surface area contributed by atoms with Crippen LogP contribution >= 0.6 is 31.9 Å². The van der Waals surface area contributed by atoms with Gasteiger partial charge >= 0.3 is 6.02 Å². The fourth-order valence-corrected chi connectivity index (χ4v) is 4.11. The summed E-state index contributed by atoms with van der Waals surface area (Å²) in [7, 11) is -2.03. The van der Waals surface area contributed by atoms with Crippen molar-refractivity contribution < 1.29 is 13.2 Å². The zero-order valence-electron chi connectivity index (χ0n) is 9.17. The van der Waals surface area contributed by atoms with Crippen molar-refractivity contribution in [3.63, 3.8) is 0 Å². The van der Waals surface area contributed by atoms with Crippen LogP contribution in [0.1, 0.15) is 0 Å². The van der Waals surface area contributed by atoms with Crippen LogP contribution in [0.25, 0.3) is 0 Å². The molecule has 3 heterocycles. The van der Waals surface area contributed by atoms with Crippen molar-refractivity contribution in [3.8, 4) is 0 Å². The lowest BCUT2D eigenvalue weighted by atomic mass is 10.4. The van der Waals surface area contributed by atoms with Gasteiger partial charge in [-0.05, 0) is 15.9 Å². The molecule has 3 rings (SSSR count). The van der Waals surface area contributed by atoms with Gasteiger partial charge in [0.05, 0.1) is 6.54 Å². The largest absolute Gasteiger partial charge is 0.458 e. The molecular weight excluding hydrogens is 392 g/mol. The number of aromatic nitrogens is 2. The molecule has 0 amide bonds. The Balaban J connectivity index is 2.20. The van der Waals surface area contributed by atoms with Gasteiger partial charge < -0.3 is 4.74 Å². The van der Waals surface area contributed by atoms with E-state index in [0.29, 0.717) is 15.6 Å². The highest BCUT2D eigenvalue weighted by Gasteiger charge is 2.45. The first-order valence-corrected chi connectivity index (χ1v) is 8.37. The monoisotopic (exact) mass is 398 g/mol. The minimum Gasteiger partial charge on any atom is -0.458 e. The topological polar surface area (TPSA) is 76.8 Å². The Morgan fingerprint density at radius 3 is 2.94 bits per heavy atom. The van der Waals surface area contributed by atoms with Crippen molar-refractivity contribution in [1.29, 1.82) is 0 Å². The van der Waals surface area contributed by atoms with E-state index in [-0.39, 0.29) is 23.7 Å². The second-order valence-electron chi connectivity index (χ2n) is 3.89. The fourth-order valence-electron chi connectivity index (χ4n) is 1.81. The van der Waals surface area contributed by atoms with Gasteiger partial charge in [-0.1, -0.05) is 15.9 Å². The summed E-state index contributed by atoms with van der Waals surface area (Å²) >= 11 is 6.53. The molecule has 2 aliphatic rings. The van der Waals surface area contributed by atoms with Crippen LogP contribution in [0, 0.1) is 0 Å². The molecule has 7 nitrogen and oxygen atoms in total. The van der Waals surface area contributed by atoms with Crippen LogP contribution in [0.5, 0.6) is 0 Å². The molecule has 0 aromatic carbocycles. The van der Waals surface area contributed by atoms with Crippen LogP contribution in [0.2, 0.25) is 0 Å². The lowest BCUT2D eigenvalue weighted by molar-refractivity contribution is 0.258. The Bertz CT molecular complexity index is 654. The third kappa shape index (κ3) is 1.55. The summed E-state index contributed by atoms with van der Waals surface area (Å²) in [4.78, 5) is 4.21. The molecule has 1 aromatic rings. The van der Waals surface area contributed by atoms with Crippen LogP contribution in [0.15, 0.2) is 14.6 Å². The maximum atomic E-state index is 12.4. The predicted molar refractivity (Wildman–Crippen MR) is 70.6 cm³/mol. The molecule has 1 aromatic heterocycles. The minimum absolute atomic E-state index is 0.0422. The van der Waals surface area contributed by atoms with Gasteiger partial charge in [0, 0.05) is 12.4 Å². The van der Waals surface area contributed by atoms with Gasteiger partial charge in [0.15, 0.2) is 0 Å². The number of hydrogen-bond donors (Lipinski definition) is 0. The number of nitrogens with zero attached hydrogens (tertiary/aromatic N) is 4. The summed E-state index contributed by atoms with van der Waals surface area (Å²) in [6.07, 6.45) is -0.227. The second kappa shape index (κ2) is 3.94. The highest BCUT2D eigenvalue weighted by atomic mass is 79.9. The quantitative estimate of drug-likeness (QED) is 0.659. The Morgan fingerprint density at radius 1 is 1.56 bits per heavy atom. The van der Waals surface area contributed by atoms with Crippen LogP contribution in [-0.4, -0.2) is 46.5 Å². The fraction of sp³-hybridized carbons (Fsp3) is 0.500. The maximum Gasteiger partial charge on any atom is 0.307 e. The molecule has 0 spiro atoms. The van der Waals surface area contributed by atoms with Crippen LogP contribution < -0.4 is 0 Å². The van der Waals surface area contributed by atoms with E-state index in [1.165, 1.54) is 4.68 Å². The molecule has 0 radical (unpaired) electrons. The van der Waals surface area contributed by atoms with Crippen molar-refractivity contribution in [2.45, 2.75) is 11.1 Å². The van der Waals surface area contributed by atoms with Gasteiger partial charge in [-0.2, -0.15) is 18.5 Å². The van der Waals surface area contributed by atoms with E-state index < -0.39 is 10.0 Å². The van der Waals surface area contributed by atoms with E-state index in [1.807, 2.05) is 0 Å². The first-order valence-electron chi connectivity index (χ1n) is 5.01. The molecule has 0 saturated carbocycles. The van der Waals surface area contributed by atoms with Gasteiger partial charge in [0.1, 0.15) is 16.4 Å². The lowest BCUT2D eigenvalue weighted by Crippen LogP contribution is -2.35. The molecule has 1 saturated heterocycles. The van der Waals surface area contributed by atoms with Crippen LogP contribution in [0.3, 0.4) is 0 Å². The normalized spacial score (nSPS) is 24.3. The minimum atomic E-state index is -3.67. The zero-order chi connectivity index (χ0) is 13.1. The molecule has 0 aliphatic carbocycles. The van der Waals surface area contributed by atoms with Crippen molar-refractivity contribution in [2.75, 3.05) is 11.9 Å². The van der Waals surface area contributed by atoms with Crippen molar-refractivity contribution in [2.24, 2.45) is 12.0 Å². The Labute approximate surface area is 120 Å². The SMILES string of the molecule is Cn1nc2c(c1Br)N=C1OC(CBr)CN1S2(=O)=O. The summed E-state index contributed by atoms with van der Waals surface area (Å²) in [5.41, 5.74) is 0.291. The van der Waals surface area contributed by atoms with Gasteiger partial charge in [-0.3, -0.25) is 4.68 Å². The summed E-state index contributed by atoms with van der Waals surface area (Å²) < 4.78 is 33.3. The summed E-state index contributed by atoms with van der Waals surface area (Å²) in [6, 6.07) is 0.112. The van der Waals surface area contributed by atoms with E-state index >= 15 is 0 Å². The third-order valence-corrected chi connectivity index (χ3v) is 5.95. The predicted octanol–water partition coefficient (Wildman–Crippen LogP) is 0.968. The lowest BCUT2D eigenvalue weighted by Gasteiger charge is -2.18. The number of amidine groups is 1. The Kier molecular flexibility index (Phi) is 2.72. The smallest absolute Gasteiger partial charge is 0.307 e. The maximum absolute atomic E-state index is 12.4. The van der Waals surface area contributed by atoms with Crippen molar-refractivity contribution in [1.82, 2.24) is 14.1 Å². The van der Waals surface area contributed by atoms with Gasteiger partial charge in [-0.25, -0.2) is 4.31 Å². The molecule has 1 unspecified atom stereocenters. The average molecular weight is 400 g/mol. The molecule has 18 heavy (non-hydrogen) atoms. The van der Waals surface area contributed by atoms with Gasteiger partial charge in [0.25, 0.3) is 10.0 Å². The molecule has 10 heteroatoms. The number of alkyl halides is 1. The summed E-state index contributed by atoms with van der Waals surface area (Å²) in [5, 5.41) is 4.48. The van der Waals surface area contributed by atoms with Crippen molar-refractivity contribution >= 4 is 53.6 Å². The zero-order valence-corrected chi connectivity index (χ0v) is 13.2. The number of halogens is 2. The molecular formula is C8H8Br2N4O3S. The molecule has 1 fully saturated rings. The van der Waals surface area contributed by atoms with E-state index in [4.69, 9.17) is 4.74 Å². The molecule has 0 N–H and O–H groups in total. The van der Waals surface area contributed by atoms with Crippen LogP contribution in [-0.2, 0) is 21.8 Å². The first kappa shape index (κ1) is 12.4. The molecule has 98 valence electrons. The van der Waals surface area contributed by atoms with Crippen LogP contribution in [0.4, 0.5) is 5.69 Å². The van der Waals surface area contributed by atoms with Gasteiger partial charge in [-0.15, -0.1) is 0 Å². The molecule has 0 bridgehead atoms. The Hall–Kier alpha value is -0.610. The van der Waals surface area contributed by atoms with E-state index in [2.05, 4.69) is 42.0 Å². The van der Waals surface area contributed by atoms with E-state index in [9.17, 15) is 8.42 Å². The first-order chi connectivity index (χ1) is 8.45. The Morgan fingerprint density at radius 2 is 2.28 bits per heavy atom. The number of fused-ring (bicyclic) bond motifs is 2. The summed E-state index contributed by atoms with van der Waals surface area (Å²) in [6.45, 7) is 0.250. The number of ether oxygens (including phenoxy) is 1. The van der Waals surface area contributed by atoms with Gasteiger partial charge in [0.2, 0.25) is 5.03 Å². The molecule has 2 aliphatic heterocycles. The second-order valence-corrected chi connectivity index (χ2v) is 7.07.